The third kappa shape index (κ3) is 4.11. The summed E-state index contributed by atoms with van der Waals surface area (Å²) in [7, 11) is 0. The van der Waals surface area contributed by atoms with Crippen LogP contribution in [0.15, 0.2) is 23.4 Å². The third-order valence-corrected chi connectivity index (χ3v) is 8.01. The van der Waals surface area contributed by atoms with Crippen LogP contribution >= 0.6 is 0 Å². The van der Waals surface area contributed by atoms with Crippen molar-refractivity contribution in [3.05, 3.63) is 45.8 Å². The molecule has 1 aliphatic carbocycles. The van der Waals surface area contributed by atoms with Gasteiger partial charge in [0, 0.05) is 25.1 Å². The SMILES string of the molecule is Cc1cc(Nc2ncnn3cc(OCCN4CCC(F)(F)C4)c(C)c23)c(=O)n2c1C(=O)NC21CCCCC1. The minimum Gasteiger partial charge on any atom is -0.490 e. The average molecular weight is 528 g/mol. The monoisotopic (exact) mass is 527 g/mol. The largest absolute Gasteiger partial charge is 0.490 e. The highest BCUT2D eigenvalue weighted by Gasteiger charge is 2.45. The van der Waals surface area contributed by atoms with Crippen LogP contribution < -0.4 is 20.9 Å². The summed E-state index contributed by atoms with van der Waals surface area (Å²) in [5, 5.41) is 10.6. The fraction of sp³-hybridized carbons (Fsp3) is 0.538. The van der Waals surface area contributed by atoms with E-state index in [4.69, 9.17) is 4.74 Å². The molecule has 12 heteroatoms. The smallest absolute Gasteiger partial charge is 0.276 e. The van der Waals surface area contributed by atoms with E-state index in [0.717, 1.165) is 37.7 Å². The van der Waals surface area contributed by atoms with Gasteiger partial charge in [0.25, 0.3) is 17.4 Å². The lowest BCUT2D eigenvalue weighted by Gasteiger charge is -2.35. The number of ether oxygens (including phenoxy) is 1. The molecular weight excluding hydrogens is 496 g/mol. The van der Waals surface area contributed by atoms with Crippen molar-refractivity contribution in [2.45, 2.75) is 64.0 Å². The van der Waals surface area contributed by atoms with Gasteiger partial charge in [0.05, 0.1) is 12.7 Å². The van der Waals surface area contributed by atoms with Crippen LogP contribution in [0.3, 0.4) is 0 Å². The van der Waals surface area contributed by atoms with Crippen molar-refractivity contribution in [3.8, 4) is 5.75 Å². The number of pyridine rings is 1. The number of halogens is 2. The predicted octanol–water partition coefficient (Wildman–Crippen LogP) is 3.33. The van der Waals surface area contributed by atoms with E-state index in [9.17, 15) is 18.4 Å². The Morgan fingerprint density at radius 3 is 2.68 bits per heavy atom. The highest BCUT2D eigenvalue weighted by atomic mass is 19.3. The number of carbonyl (C=O) groups excluding carboxylic acids is 1. The van der Waals surface area contributed by atoms with Crippen molar-refractivity contribution >= 4 is 22.9 Å². The lowest BCUT2D eigenvalue weighted by molar-refractivity contribution is 0.0112. The molecule has 2 aliphatic heterocycles. The maximum absolute atomic E-state index is 13.8. The van der Waals surface area contributed by atoms with Gasteiger partial charge in [0.15, 0.2) is 5.82 Å². The summed E-state index contributed by atoms with van der Waals surface area (Å²) in [6.45, 7) is 4.47. The van der Waals surface area contributed by atoms with Crippen molar-refractivity contribution in [2.24, 2.45) is 0 Å². The first-order valence-corrected chi connectivity index (χ1v) is 13.1. The number of likely N-dealkylation sites (tertiary alicyclic amines) is 1. The van der Waals surface area contributed by atoms with Gasteiger partial charge in [-0.3, -0.25) is 19.1 Å². The summed E-state index contributed by atoms with van der Waals surface area (Å²) < 4.78 is 36.1. The second kappa shape index (κ2) is 9.04. The van der Waals surface area contributed by atoms with E-state index in [1.54, 1.807) is 26.2 Å². The molecule has 5 heterocycles. The zero-order valence-electron chi connectivity index (χ0n) is 21.5. The van der Waals surface area contributed by atoms with Gasteiger partial charge in [-0.15, -0.1) is 0 Å². The van der Waals surface area contributed by atoms with Gasteiger partial charge in [-0.2, -0.15) is 5.10 Å². The number of rotatable bonds is 6. The van der Waals surface area contributed by atoms with Crippen LogP contribution in [0.1, 0.15) is 60.1 Å². The molecule has 1 spiro atoms. The van der Waals surface area contributed by atoms with E-state index >= 15 is 0 Å². The van der Waals surface area contributed by atoms with Crippen LogP contribution in [0.5, 0.6) is 5.75 Å². The summed E-state index contributed by atoms with van der Waals surface area (Å²) in [6, 6.07) is 1.69. The molecule has 0 atom stereocenters. The van der Waals surface area contributed by atoms with Gasteiger partial charge in [-0.25, -0.2) is 18.3 Å². The van der Waals surface area contributed by atoms with Gasteiger partial charge in [-0.05, 0) is 51.2 Å². The molecule has 0 aromatic carbocycles. The number of carbonyl (C=O) groups is 1. The topological polar surface area (TPSA) is 106 Å². The molecule has 0 unspecified atom stereocenters. The van der Waals surface area contributed by atoms with Crippen molar-refractivity contribution < 1.29 is 18.3 Å². The Bertz CT molecular complexity index is 1480. The highest BCUT2D eigenvalue weighted by molar-refractivity contribution is 5.97. The Morgan fingerprint density at radius 1 is 1.16 bits per heavy atom. The van der Waals surface area contributed by atoms with Crippen molar-refractivity contribution in [1.29, 1.82) is 0 Å². The number of fused-ring (bicyclic) bond motifs is 3. The van der Waals surface area contributed by atoms with Crippen molar-refractivity contribution in [2.75, 3.05) is 31.6 Å². The van der Waals surface area contributed by atoms with Crippen molar-refractivity contribution in [3.63, 3.8) is 0 Å². The fourth-order valence-electron chi connectivity index (χ4n) is 6.12. The van der Waals surface area contributed by atoms with E-state index < -0.39 is 11.6 Å². The average Bonchev–Trinajstić information content (AvgIpc) is 3.49. The molecule has 2 fully saturated rings. The van der Waals surface area contributed by atoms with Crippen LogP contribution in [-0.2, 0) is 5.66 Å². The molecule has 3 aliphatic rings. The van der Waals surface area contributed by atoms with Crippen molar-refractivity contribution in [1.82, 2.24) is 29.4 Å². The van der Waals surface area contributed by atoms with E-state index in [1.807, 2.05) is 13.8 Å². The maximum Gasteiger partial charge on any atom is 0.276 e. The van der Waals surface area contributed by atoms with E-state index in [-0.39, 0.29) is 31.0 Å². The first-order chi connectivity index (χ1) is 18.2. The first-order valence-electron chi connectivity index (χ1n) is 13.1. The van der Waals surface area contributed by atoms with Crippen LogP contribution in [0.25, 0.3) is 5.52 Å². The minimum absolute atomic E-state index is 0.125. The number of nitrogens with zero attached hydrogens (tertiary/aromatic N) is 5. The standard InChI is InChI=1S/C26H31F2N7O3/c1-16-12-18(24(37)35-20(16)23(36)32-26(35)6-4-3-5-7-26)31-22-21-17(2)19(13-34(21)30-15-29-22)38-11-10-33-9-8-25(27,28)14-33/h12-13,15H,3-11,14H2,1-2H3,(H,32,36)(H,29,30,31). The lowest BCUT2D eigenvalue weighted by atomic mass is 9.89. The highest BCUT2D eigenvalue weighted by Crippen LogP contribution is 2.38. The predicted molar refractivity (Wildman–Crippen MR) is 136 cm³/mol. The fourth-order valence-corrected chi connectivity index (χ4v) is 6.12. The summed E-state index contributed by atoms with van der Waals surface area (Å²) in [5.74, 6) is -1.85. The molecule has 1 saturated heterocycles. The Balaban J connectivity index is 1.29. The summed E-state index contributed by atoms with van der Waals surface area (Å²) in [4.78, 5) is 32.7. The number of anilines is 2. The number of hydrogen-bond acceptors (Lipinski definition) is 7. The quantitative estimate of drug-likeness (QED) is 0.507. The second-order valence-electron chi connectivity index (χ2n) is 10.7. The first kappa shape index (κ1) is 24.8. The molecule has 1 amide bonds. The van der Waals surface area contributed by atoms with E-state index in [2.05, 4.69) is 20.7 Å². The molecule has 38 heavy (non-hydrogen) atoms. The Morgan fingerprint density at radius 2 is 1.95 bits per heavy atom. The zero-order valence-corrected chi connectivity index (χ0v) is 21.5. The van der Waals surface area contributed by atoms with Gasteiger partial charge in [-0.1, -0.05) is 6.42 Å². The van der Waals surface area contributed by atoms with Crippen LogP contribution in [-0.4, -0.2) is 62.1 Å². The lowest BCUT2D eigenvalue weighted by Crippen LogP contribution is -2.48. The summed E-state index contributed by atoms with van der Waals surface area (Å²) in [6.07, 6.45) is 7.40. The molecule has 1 saturated carbocycles. The number of aryl methyl sites for hydroxylation is 2. The van der Waals surface area contributed by atoms with Gasteiger partial charge < -0.3 is 15.4 Å². The Hall–Kier alpha value is -3.54. The third-order valence-electron chi connectivity index (χ3n) is 8.01. The molecular formula is C26H31F2N7O3. The molecule has 10 nitrogen and oxygen atoms in total. The number of alkyl halides is 2. The normalized spacial score (nSPS) is 20.2. The number of nitrogens with one attached hydrogen (secondary N) is 2. The number of amides is 1. The summed E-state index contributed by atoms with van der Waals surface area (Å²) >= 11 is 0. The molecule has 3 aromatic heterocycles. The zero-order chi connectivity index (χ0) is 26.7. The molecule has 0 radical (unpaired) electrons. The van der Waals surface area contributed by atoms with E-state index in [0.29, 0.717) is 47.1 Å². The number of hydrogen-bond donors (Lipinski definition) is 2. The van der Waals surface area contributed by atoms with Gasteiger partial charge >= 0.3 is 0 Å². The molecule has 6 rings (SSSR count). The van der Waals surface area contributed by atoms with Crippen LogP contribution in [0.4, 0.5) is 20.3 Å². The van der Waals surface area contributed by atoms with Gasteiger partial charge in [0.1, 0.15) is 41.2 Å². The van der Waals surface area contributed by atoms with Gasteiger partial charge in [0.2, 0.25) is 0 Å². The molecule has 0 bridgehead atoms. The van der Waals surface area contributed by atoms with Crippen LogP contribution in [0, 0.1) is 13.8 Å². The molecule has 2 N–H and O–H groups in total. The Labute approximate surface area is 218 Å². The summed E-state index contributed by atoms with van der Waals surface area (Å²) in [5.41, 5.74) is 1.90. The van der Waals surface area contributed by atoms with E-state index in [1.165, 1.54) is 6.33 Å². The second-order valence-corrected chi connectivity index (χ2v) is 10.7. The minimum atomic E-state index is -2.63. The Kier molecular flexibility index (Phi) is 5.89. The van der Waals surface area contributed by atoms with Crippen LogP contribution in [0.2, 0.25) is 0 Å². The number of aromatic nitrogens is 4. The maximum atomic E-state index is 13.8. The molecule has 202 valence electrons. The molecule has 3 aromatic rings.